The summed E-state index contributed by atoms with van der Waals surface area (Å²) in [5.74, 6) is -0.979. The van der Waals surface area contributed by atoms with E-state index < -0.39 is 11.7 Å². The average Bonchev–Trinajstić information content (AvgIpc) is 2.33. The first-order valence-electron chi connectivity index (χ1n) is 5.46. The first-order valence-corrected chi connectivity index (χ1v) is 5.83. The second kappa shape index (κ2) is 5.24. The summed E-state index contributed by atoms with van der Waals surface area (Å²) < 4.78 is 13.1. The summed E-state index contributed by atoms with van der Waals surface area (Å²) in [6.07, 6.45) is 1.37. The number of amides is 1. The molecule has 0 aliphatic carbocycles. The Morgan fingerprint density at radius 1 is 1.42 bits per heavy atom. The van der Waals surface area contributed by atoms with Crippen LogP contribution in [0.1, 0.15) is 16.1 Å². The zero-order chi connectivity index (χ0) is 14.0. The second-order valence-electron chi connectivity index (χ2n) is 3.99. The Kier molecular flexibility index (Phi) is 3.66. The van der Waals surface area contributed by atoms with Crippen LogP contribution in [0.2, 0.25) is 5.02 Å². The van der Waals surface area contributed by atoms with Crippen molar-refractivity contribution in [3.8, 4) is 0 Å². The lowest BCUT2D eigenvalue weighted by Gasteiger charge is -2.09. The molecule has 1 heterocycles. The van der Waals surface area contributed by atoms with Crippen LogP contribution >= 0.6 is 11.6 Å². The average molecular weight is 280 g/mol. The molecule has 0 unspecified atom stereocenters. The second-order valence-corrected chi connectivity index (χ2v) is 4.40. The van der Waals surface area contributed by atoms with Crippen molar-refractivity contribution in [3.63, 3.8) is 0 Å². The number of pyridine rings is 1. The van der Waals surface area contributed by atoms with Gasteiger partial charge in [-0.2, -0.15) is 0 Å². The number of anilines is 2. The number of halogens is 2. The predicted molar refractivity (Wildman–Crippen MR) is 72.7 cm³/mol. The van der Waals surface area contributed by atoms with Crippen LogP contribution in [-0.2, 0) is 0 Å². The molecule has 6 heteroatoms. The van der Waals surface area contributed by atoms with Gasteiger partial charge in [-0.25, -0.2) is 4.39 Å². The van der Waals surface area contributed by atoms with Gasteiger partial charge in [0.1, 0.15) is 5.82 Å². The maximum Gasteiger partial charge on any atom is 0.259 e. The molecular weight excluding hydrogens is 269 g/mol. The summed E-state index contributed by atoms with van der Waals surface area (Å²) in [7, 11) is 0. The fourth-order valence-electron chi connectivity index (χ4n) is 1.55. The molecule has 19 heavy (non-hydrogen) atoms. The maximum atomic E-state index is 13.1. The van der Waals surface area contributed by atoms with Crippen LogP contribution in [0, 0.1) is 12.7 Å². The third-order valence-corrected chi connectivity index (χ3v) is 2.82. The Morgan fingerprint density at radius 2 is 2.16 bits per heavy atom. The summed E-state index contributed by atoms with van der Waals surface area (Å²) in [4.78, 5) is 16.0. The van der Waals surface area contributed by atoms with E-state index in [2.05, 4.69) is 10.3 Å². The monoisotopic (exact) mass is 279 g/mol. The lowest BCUT2D eigenvalue weighted by atomic mass is 10.2. The van der Waals surface area contributed by atoms with Crippen molar-refractivity contribution >= 4 is 28.9 Å². The third kappa shape index (κ3) is 3.00. The number of nitrogens with two attached hydrogens (primary N) is 1. The normalized spacial score (nSPS) is 10.3. The number of hydrogen-bond donors (Lipinski definition) is 2. The molecule has 0 aliphatic rings. The van der Waals surface area contributed by atoms with Gasteiger partial charge in [0.2, 0.25) is 0 Å². The minimum absolute atomic E-state index is 0.187. The van der Waals surface area contributed by atoms with E-state index in [-0.39, 0.29) is 16.3 Å². The summed E-state index contributed by atoms with van der Waals surface area (Å²) >= 11 is 5.86. The lowest BCUT2D eigenvalue weighted by molar-refractivity contribution is 0.102. The fraction of sp³-hybridized carbons (Fsp3) is 0.0769. The van der Waals surface area contributed by atoms with Crippen LogP contribution in [-0.4, -0.2) is 10.9 Å². The van der Waals surface area contributed by atoms with Crippen molar-refractivity contribution < 1.29 is 9.18 Å². The van der Waals surface area contributed by atoms with Gasteiger partial charge in [-0.15, -0.1) is 0 Å². The van der Waals surface area contributed by atoms with E-state index in [1.54, 1.807) is 13.0 Å². The van der Waals surface area contributed by atoms with Crippen molar-refractivity contribution in [3.05, 3.63) is 52.6 Å². The van der Waals surface area contributed by atoms with Gasteiger partial charge in [0, 0.05) is 17.6 Å². The summed E-state index contributed by atoms with van der Waals surface area (Å²) in [6.45, 7) is 1.77. The van der Waals surface area contributed by atoms with E-state index in [9.17, 15) is 9.18 Å². The first kappa shape index (κ1) is 13.3. The molecule has 2 rings (SSSR count). The first-order chi connectivity index (χ1) is 8.97. The van der Waals surface area contributed by atoms with Gasteiger partial charge in [0.25, 0.3) is 5.91 Å². The van der Waals surface area contributed by atoms with Crippen molar-refractivity contribution in [1.82, 2.24) is 4.98 Å². The number of aromatic nitrogens is 1. The van der Waals surface area contributed by atoms with Crippen molar-refractivity contribution in [2.24, 2.45) is 0 Å². The molecule has 1 aromatic carbocycles. The van der Waals surface area contributed by atoms with Gasteiger partial charge in [-0.05, 0) is 31.2 Å². The zero-order valence-electron chi connectivity index (χ0n) is 10.1. The van der Waals surface area contributed by atoms with Crippen molar-refractivity contribution in [2.45, 2.75) is 6.92 Å². The van der Waals surface area contributed by atoms with Gasteiger partial charge in [0.15, 0.2) is 0 Å². The highest BCUT2D eigenvalue weighted by molar-refractivity contribution is 6.34. The third-order valence-electron chi connectivity index (χ3n) is 2.49. The highest BCUT2D eigenvalue weighted by Crippen LogP contribution is 2.23. The number of nitrogens with zero attached hydrogens (tertiary/aromatic N) is 1. The van der Waals surface area contributed by atoms with Crippen LogP contribution in [0.4, 0.5) is 15.8 Å². The number of nitrogen functional groups attached to an aromatic ring is 1. The molecule has 0 saturated carbocycles. The Hall–Kier alpha value is -2.14. The number of carbonyl (C=O) groups is 1. The summed E-state index contributed by atoms with van der Waals surface area (Å²) in [6, 6.07) is 5.29. The van der Waals surface area contributed by atoms with E-state index >= 15 is 0 Å². The Labute approximate surface area is 114 Å². The van der Waals surface area contributed by atoms with Gasteiger partial charge >= 0.3 is 0 Å². The summed E-state index contributed by atoms with van der Waals surface area (Å²) in [5.41, 5.74) is 7.15. The van der Waals surface area contributed by atoms with Crippen LogP contribution in [0.5, 0.6) is 0 Å². The molecule has 0 bridgehead atoms. The smallest absolute Gasteiger partial charge is 0.259 e. The van der Waals surface area contributed by atoms with Crippen LogP contribution in [0.25, 0.3) is 0 Å². The highest BCUT2D eigenvalue weighted by Gasteiger charge is 2.12. The Morgan fingerprint density at radius 3 is 2.84 bits per heavy atom. The topological polar surface area (TPSA) is 68.0 Å². The molecule has 0 atom stereocenters. The Bertz CT molecular complexity index is 646. The molecule has 0 saturated heterocycles. The molecule has 1 amide bonds. The van der Waals surface area contributed by atoms with E-state index in [1.165, 1.54) is 18.3 Å². The zero-order valence-corrected chi connectivity index (χ0v) is 10.8. The molecule has 1 aromatic heterocycles. The van der Waals surface area contributed by atoms with Gasteiger partial charge in [-0.3, -0.25) is 9.78 Å². The van der Waals surface area contributed by atoms with Crippen molar-refractivity contribution in [1.29, 1.82) is 0 Å². The van der Waals surface area contributed by atoms with Gasteiger partial charge in [-0.1, -0.05) is 11.6 Å². The minimum Gasteiger partial charge on any atom is -0.398 e. The minimum atomic E-state index is -0.491. The predicted octanol–water partition coefficient (Wildman–Crippen LogP) is 3.02. The van der Waals surface area contributed by atoms with Crippen LogP contribution in [0.15, 0.2) is 30.5 Å². The van der Waals surface area contributed by atoms with E-state index in [0.717, 1.165) is 6.07 Å². The van der Waals surface area contributed by atoms with Gasteiger partial charge in [0.05, 0.1) is 16.3 Å². The lowest BCUT2D eigenvalue weighted by Crippen LogP contribution is -2.15. The fourth-order valence-corrected chi connectivity index (χ4v) is 1.72. The van der Waals surface area contributed by atoms with E-state index in [0.29, 0.717) is 11.4 Å². The van der Waals surface area contributed by atoms with Crippen LogP contribution in [0.3, 0.4) is 0 Å². The standard InChI is InChI=1S/C13H11ClFN3O/c1-7-4-11(16)9(6-17-7)13(19)18-12-5-8(15)2-3-10(12)14/h2-6H,1H3,(H2,16,17)(H,18,19). The molecule has 0 radical (unpaired) electrons. The number of nitrogens with one attached hydrogen (secondary N) is 1. The number of hydrogen-bond acceptors (Lipinski definition) is 3. The molecule has 4 nitrogen and oxygen atoms in total. The number of aryl methyl sites for hydroxylation is 1. The highest BCUT2D eigenvalue weighted by atomic mass is 35.5. The molecule has 2 aromatic rings. The van der Waals surface area contributed by atoms with Crippen LogP contribution < -0.4 is 11.1 Å². The van der Waals surface area contributed by atoms with E-state index in [4.69, 9.17) is 17.3 Å². The molecule has 0 spiro atoms. The SMILES string of the molecule is Cc1cc(N)c(C(=O)Nc2cc(F)ccc2Cl)cn1. The summed E-state index contributed by atoms with van der Waals surface area (Å²) in [5, 5.41) is 2.74. The molecule has 0 aliphatic heterocycles. The molecular formula is C13H11ClFN3O. The largest absolute Gasteiger partial charge is 0.398 e. The maximum absolute atomic E-state index is 13.1. The Balaban J connectivity index is 2.28. The molecule has 3 N–H and O–H groups in total. The van der Waals surface area contributed by atoms with E-state index in [1.807, 2.05) is 0 Å². The number of carbonyl (C=O) groups excluding carboxylic acids is 1. The van der Waals surface area contributed by atoms with Crippen molar-refractivity contribution in [2.75, 3.05) is 11.1 Å². The van der Waals surface area contributed by atoms with Gasteiger partial charge < -0.3 is 11.1 Å². The quantitative estimate of drug-likeness (QED) is 0.888. The molecule has 98 valence electrons. The number of rotatable bonds is 2. The number of benzene rings is 1. The molecule has 0 fully saturated rings.